The van der Waals surface area contributed by atoms with Gasteiger partial charge in [-0.2, -0.15) is 0 Å². The van der Waals surface area contributed by atoms with Crippen LogP contribution in [0.1, 0.15) is 32.3 Å². The van der Waals surface area contributed by atoms with E-state index in [-0.39, 0.29) is 17.0 Å². The quantitative estimate of drug-likeness (QED) is 0.348. The summed E-state index contributed by atoms with van der Waals surface area (Å²) in [6, 6.07) is 6.87. The van der Waals surface area contributed by atoms with Crippen molar-refractivity contribution in [3.8, 4) is 0 Å². The molecule has 1 fully saturated rings. The van der Waals surface area contributed by atoms with E-state index in [1.807, 2.05) is 19.1 Å². The Balaban J connectivity index is 1.92. The third-order valence-electron chi connectivity index (χ3n) is 4.30. The van der Waals surface area contributed by atoms with Crippen molar-refractivity contribution >= 4 is 16.0 Å². The van der Waals surface area contributed by atoms with E-state index >= 15 is 0 Å². The Morgan fingerprint density at radius 2 is 1.92 bits per heavy atom. The molecule has 3 N–H and O–H groups in total. The van der Waals surface area contributed by atoms with E-state index in [0.717, 1.165) is 18.4 Å². The predicted molar refractivity (Wildman–Crippen MR) is 98.8 cm³/mol. The topological polar surface area (TPSA) is 82.6 Å². The van der Waals surface area contributed by atoms with Crippen LogP contribution in [0.25, 0.3) is 0 Å². The van der Waals surface area contributed by atoms with Gasteiger partial charge in [0.2, 0.25) is 10.0 Å². The molecule has 0 aliphatic heterocycles. The van der Waals surface area contributed by atoms with Crippen LogP contribution < -0.4 is 15.4 Å². The lowest BCUT2D eigenvalue weighted by atomic mass is 9.95. The summed E-state index contributed by atoms with van der Waals surface area (Å²) >= 11 is 0. The molecule has 0 radical (unpaired) electrons. The number of sulfonamides is 1. The van der Waals surface area contributed by atoms with E-state index in [2.05, 4.69) is 20.3 Å². The first-order chi connectivity index (χ1) is 11.9. The number of guanidine groups is 1. The Hall–Kier alpha value is -1.67. The SMILES string of the molecule is CCNC(=NCC1(c2ccccc2F)CC1)NCCNS(=O)(=O)CC. The van der Waals surface area contributed by atoms with Crippen molar-refractivity contribution in [3.63, 3.8) is 0 Å². The van der Waals surface area contributed by atoms with E-state index in [0.29, 0.717) is 32.1 Å². The van der Waals surface area contributed by atoms with E-state index in [4.69, 9.17) is 0 Å². The summed E-state index contributed by atoms with van der Waals surface area (Å²) in [5.74, 6) is 0.495. The third kappa shape index (κ3) is 5.67. The van der Waals surface area contributed by atoms with Crippen molar-refractivity contribution in [2.75, 3.05) is 31.9 Å². The van der Waals surface area contributed by atoms with Gasteiger partial charge in [0.1, 0.15) is 5.82 Å². The fraction of sp³-hybridized carbons (Fsp3) is 0.588. The second-order valence-electron chi connectivity index (χ2n) is 6.18. The maximum Gasteiger partial charge on any atom is 0.211 e. The van der Waals surface area contributed by atoms with Crippen LogP contribution in [0.4, 0.5) is 4.39 Å². The summed E-state index contributed by atoms with van der Waals surface area (Å²) in [6.07, 6.45) is 1.85. The normalized spacial score (nSPS) is 16.5. The summed E-state index contributed by atoms with van der Waals surface area (Å²) in [6.45, 7) is 5.47. The molecule has 6 nitrogen and oxygen atoms in total. The van der Waals surface area contributed by atoms with Crippen molar-refractivity contribution in [3.05, 3.63) is 35.6 Å². The van der Waals surface area contributed by atoms with Crippen molar-refractivity contribution in [2.45, 2.75) is 32.1 Å². The molecule has 0 unspecified atom stereocenters. The molecule has 0 atom stereocenters. The predicted octanol–water partition coefficient (Wildman–Crippen LogP) is 1.35. The van der Waals surface area contributed by atoms with Crippen LogP contribution >= 0.6 is 0 Å². The van der Waals surface area contributed by atoms with Gasteiger partial charge in [-0.25, -0.2) is 17.5 Å². The molecule has 1 aromatic rings. The fourth-order valence-electron chi connectivity index (χ4n) is 2.62. The van der Waals surface area contributed by atoms with Gasteiger partial charge in [0.05, 0.1) is 12.3 Å². The molecule has 140 valence electrons. The van der Waals surface area contributed by atoms with Gasteiger partial charge in [-0.15, -0.1) is 0 Å². The number of hydrogen-bond acceptors (Lipinski definition) is 3. The molecular weight excluding hydrogens is 343 g/mol. The Kier molecular flexibility index (Phi) is 6.78. The van der Waals surface area contributed by atoms with Gasteiger partial charge in [-0.1, -0.05) is 18.2 Å². The smallest absolute Gasteiger partial charge is 0.211 e. The number of benzene rings is 1. The highest BCUT2D eigenvalue weighted by Crippen LogP contribution is 2.49. The zero-order valence-electron chi connectivity index (χ0n) is 14.8. The number of nitrogens with zero attached hydrogens (tertiary/aromatic N) is 1. The molecule has 1 aliphatic rings. The van der Waals surface area contributed by atoms with Crippen molar-refractivity contribution in [2.24, 2.45) is 4.99 Å². The monoisotopic (exact) mass is 370 g/mol. The average Bonchev–Trinajstić information content (AvgIpc) is 3.38. The first-order valence-corrected chi connectivity index (χ1v) is 10.3. The van der Waals surface area contributed by atoms with Gasteiger partial charge in [0.25, 0.3) is 0 Å². The van der Waals surface area contributed by atoms with E-state index in [9.17, 15) is 12.8 Å². The largest absolute Gasteiger partial charge is 0.357 e. The van der Waals surface area contributed by atoms with Gasteiger partial charge in [0, 0.05) is 25.0 Å². The first kappa shape index (κ1) is 19.7. The van der Waals surface area contributed by atoms with Gasteiger partial charge in [-0.3, -0.25) is 4.99 Å². The molecule has 1 aliphatic carbocycles. The zero-order valence-corrected chi connectivity index (χ0v) is 15.6. The number of hydrogen-bond donors (Lipinski definition) is 3. The summed E-state index contributed by atoms with van der Waals surface area (Å²) in [7, 11) is -3.19. The number of aliphatic imine (C=N–C) groups is 1. The highest BCUT2D eigenvalue weighted by Gasteiger charge is 2.45. The van der Waals surface area contributed by atoms with E-state index in [1.165, 1.54) is 6.07 Å². The van der Waals surface area contributed by atoms with Crippen LogP contribution in [0, 0.1) is 5.82 Å². The lowest BCUT2D eigenvalue weighted by molar-refractivity contribution is 0.572. The fourth-order valence-corrected chi connectivity index (χ4v) is 3.23. The molecule has 1 saturated carbocycles. The van der Waals surface area contributed by atoms with Crippen molar-refractivity contribution in [1.82, 2.24) is 15.4 Å². The van der Waals surface area contributed by atoms with E-state index < -0.39 is 10.0 Å². The number of nitrogens with one attached hydrogen (secondary N) is 3. The molecule has 1 aromatic carbocycles. The Morgan fingerprint density at radius 3 is 2.52 bits per heavy atom. The standard InChI is InChI=1S/C17H27FN4O2S/c1-3-19-16(20-11-12-22-25(23,24)4-2)21-13-17(9-10-17)14-7-5-6-8-15(14)18/h5-8,22H,3-4,9-13H2,1-2H3,(H2,19,20,21). The third-order valence-corrected chi connectivity index (χ3v) is 5.71. The molecule has 0 aromatic heterocycles. The van der Waals surface area contributed by atoms with Gasteiger partial charge >= 0.3 is 0 Å². The molecular formula is C17H27FN4O2S. The van der Waals surface area contributed by atoms with Crippen LogP contribution in [-0.4, -0.2) is 46.3 Å². The minimum Gasteiger partial charge on any atom is -0.357 e. The minimum atomic E-state index is -3.19. The Labute approximate surface area is 149 Å². The maximum atomic E-state index is 14.0. The van der Waals surface area contributed by atoms with E-state index in [1.54, 1.807) is 13.0 Å². The summed E-state index contributed by atoms with van der Waals surface area (Å²) < 4.78 is 39.4. The molecule has 0 bridgehead atoms. The molecule has 0 saturated heterocycles. The first-order valence-electron chi connectivity index (χ1n) is 8.67. The maximum absolute atomic E-state index is 14.0. The minimum absolute atomic E-state index is 0.0618. The van der Waals surface area contributed by atoms with Crippen LogP contribution in [0.5, 0.6) is 0 Å². The van der Waals surface area contributed by atoms with Crippen molar-refractivity contribution < 1.29 is 12.8 Å². The van der Waals surface area contributed by atoms with Crippen LogP contribution in [0.3, 0.4) is 0 Å². The molecule has 2 rings (SSSR count). The number of rotatable bonds is 9. The summed E-state index contributed by atoms with van der Waals surface area (Å²) in [4.78, 5) is 4.57. The molecule has 25 heavy (non-hydrogen) atoms. The lowest BCUT2D eigenvalue weighted by Gasteiger charge is -2.16. The molecule has 8 heteroatoms. The molecule has 0 spiro atoms. The second kappa shape index (κ2) is 8.62. The zero-order chi connectivity index (χ0) is 18.3. The highest BCUT2D eigenvalue weighted by molar-refractivity contribution is 7.89. The van der Waals surface area contributed by atoms with Crippen LogP contribution in [-0.2, 0) is 15.4 Å². The summed E-state index contributed by atoms with van der Waals surface area (Å²) in [5, 5.41) is 6.23. The van der Waals surface area contributed by atoms with Gasteiger partial charge in [0.15, 0.2) is 5.96 Å². The van der Waals surface area contributed by atoms with Crippen LogP contribution in [0.2, 0.25) is 0 Å². The Bertz CT molecular complexity index is 702. The van der Waals surface area contributed by atoms with Crippen LogP contribution in [0.15, 0.2) is 29.3 Å². The highest BCUT2D eigenvalue weighted by atomic mass is 32.2. The average molecular weight is 370 g/mol. The van der Waals surface area contributed by atoms with Gasteiger partial charge < -0.3 is 10.6 Å². The Morgan fingerprint density at radius 1 is 1.20 bits per heavy atom. The van der Waals surface area contributed by atoms with Crippen molar-refractivity contribution in [1.29, 1.82) is 0 Å². The lowest BCUT2D eigenvalue weighted by Crippen LogP contribution is -2.42. The summed E-state index contributed by atoms with van der Waals surface area (Å²) in [5.41, 5.74) is 0.516. The second-order valence-corrected chi connectivity index (χ2v) is 8.28. The number of halogens is 1. The molecule has 0 heterocycles. The molecule has 0 amide bonds. The van der Waals surface area contributed by atoms with Gasteiger partial charge in [-0.05, 0) is 38.3 Å².